The molecule has 0 N–H and O–H groups in total. The lowest BCUT2D eigenvalue weighted by molar-refractivity contribution is 0.678. The molecule has 1 aromatic rings. The van der Waals surface area contributed by atoms with Gasteiger partial charge in [-0.2, -0.15) is 0 Å². The molecule has 0 saturated heterocycles. The molecule has 0 unspecified atom stereocenters. The van der Waals surface area contributed by atoms with Gasteiger partial charge in [0.05, 0.1) is 0 Å². The van der Waals surface area contributed by atoms with Crippen molar-refractivity contribution in [3.63, 3.8) is 0 Å². The Bertz CT molecular complexity index is 370. The molecule has 0 radical (unpaired) electrons. The summed E-state index contributed by atoms with van der Waals surface area (Å²) in [4.78, 5) is 0. The predicted molar refractivity (Wildman–Crippen MR) is 70.5 cm³/mol. The molecule has 1 aliphatic rings. The van der Waals surface area contributed by atoms with Crippen LogP contribution in [0.2, 0.25) is 0 Å². The van der Waals surface area contributed by atoms with Crippen LogP contribution in [0.3, 0.4) is 0 Å². The van der Waals surface area contributed by atoms with E-state index in [1.807, 2.05) is 0 Å². The molecular weight excluding hydrogens is 192 g/mol. The number of hydrogen-bond donors (Lipinski definition) is 0. The Labute approximate surface area is 98.7 Å². The highest BCUT2D eigenvalue weighted by molar-refractivity contribution is 5.23. The molecule has 0 aliphatic heterocycles. The standard InChI is InChI=1S/C16H20/c1-14(16-10-6-3-7-11-16)12-13-15-8-4-2-5-9-15/h3-4,6-11,14H,2,5,12-13H2,1H3/t14-/m0/s1. The number of rotatable bonds is 4. The summed E-state index contributed by atoms with van der Waals surface area (Å²) in [5.74, 6) is 0.664. The second kappa shape index (κ2) is 5.69. The van der Waals surface area contributed by atoms with Crippen LogP contribution < -0.4 is 0 Å². The van der Waals surface area contributed by atoms with E-state index in [9.17, 15) is 0 Å². The van der Waals surface area contributed by atoms with Gasteiger partial charge in [-0.25, -0.2) is 0 Å². The van der Waals surface area contributed by atoms with Gasteiger partial charge in [-0.3, -0.25) is 0 Å². The Balaban J connectivity index is 1.86. The maximum absolute atomic E-state index is 2.39. The average molecular weight is 212 g/mol. The van der Waals surface area contributed by atoms with E-state index >= 15 is 0 Å². The fraction of sp³-hybridized carbons (Fsp3) is 0.375. The first kappa shape index (κ1) is 11.2. The molecule has 0 bridgehead atoms. The summed E-state index contributed by atoms with van der Waals surface area (Å²) >= 11 is 0. The van der Waals surface area contributed by atoms with Crippen LogP contribution in [-0.4, -0.2) is 0 Å². The van der Waals surface area contributed by atoms with E-state index in [0.717, 1.165) is 0 Å². The molecule has 1 aliphatic carbocycles. The van der Waals surface area contributed by atoms with Crippen LogP contribution in [0, 0.1) is 0 Å². The van der Waals surface area contributed by atoms with Crippen molar-refractivity contribution in [1.82, 2.24) is 0 Å². The molecule has 84 valence electrons. The molecule has 0 fully saturated rings. The highest BCUT2D eigenvalue weighted by Crippen LogP contribution is 2.24. The Morgan fingerprint density at radius 1 is 1.12 bits per heavy atom. The fourth-order valence-corrected chi connectivity index (χ4v) is 2.18. The van der Waals surface area contributed by atoms with Crippen molar-refractivity contribution in [2.75, 3.05) is 0 Å². The van der Waals surface area contributed by atoms with E-state index in [1.54, 1.807) is 0 Å². The van der Waals surface area contributed by atoms with Crippen molar-refractivity contribution in [2.45, 2.75) is 38.5 Å². The molecule has 0 spiro atoms. The van der Waals surface area contributed by atoms with Crippen LogP contribution >= 0.6 is 0 Å². The van der Waals surface area contributed by atoms with Crippen LogP contribution in [0.25, 0.3) is 0 Å². The zero-order valence-electron chi connectivity index (χ0n) is 10.0. The molecule has 0 heterocycles. The number of hydrogen-bond acceptors (Lipinski definition) is 0. The second-order valence-corrected chi connectivity index (χ2v) is 4.61. The van der Waals surface area contributed by atoms with E-state index in [1.165, 1.54) is 36.8 Å². The van der Waals surface area contributed by atoms with Crippen molar-refractivity contribution in [3.05, 3.63) is 59.7 Å². The largest absolute Gasteiger partial charge is 0.0840 e. The molecule has 16 heavy (non-hydrogen) atoms. The van der Waals surface area contributed by atoms with Crippen molar-refractivity contribution >= 4 is 0 Å². The van der Waals surface area contributed by atoms with Gasteiger partial charge in [0.2, 0.25) is 0 Å². The zero-order valence-corrected chi connectivity index (χ0v) is 10.0. The summed E-state index contributed by atoms with van der Waals surface area (Å²) in [6.07, 6.45) is 11.9. The summed E-state index contributed by atoms with van der Waals surface area (Å²) in [6, 6.07) is 10.8. The van der Waals surface area contributed by atoms with Crippen molar-refractivity contribution in [3.8, 4) is 0 Å². The lowest BCUT2D eigenvalue weighted by Crippen LogP contribution is -1.95. The Morgan fingerprint density at radius 3 is 2.62 bits per heavy atom. The first-order valence-electron chi connectivity index (χ1n) is 6.27. The van der Waals surface area contributed by atoms with Gasteiger partial charge in [-0.1, -0.05) is 61.1 Å². The smallest absolute Gasteiger partial charge is 0.0187 e. The minimum absolute atomic E-state index is 0.664. The SMILES string of the molecule is C[C@@H](CCC1=CCCC=C1)c1ccccc1. The molecule has 0 nitrogen and oxygen atoms in total. The highest BCUT2D eigenvalue weighted by atomic mass is 14.1. The van der Waals surface area contributed by atoms with E-state index in [4.69, 9.17) is 0 Å². The minimum Gasteiger partial charge on any atom is -0.0840 e. The summed E-state index contributed by atoms with van der Waals surface area (Å²) in [6.45, 7) is 2.32. The number of benzene rings is 1. The van der Waals surface area contributed by atoms with Gasteiger partial charge in [0.1, 0.15) is 0 Å². The van der Waals surface area contributed by atoms with Crippen LogP contribution in [0.1, 0.15) is 44.1 Å². The maximum Gasteiger partial charge on any atom is -0.0187 e. The fourth-order valence-electron chi connectivity index (χ4n) is 2.18. The van der Waals surface area contributed by atoms with Gasteiger partial charge in [0.25, 0.3) is 0 Å². The molecule has 1 aromatic carbocycles. The van der Waals surface area contributed by atoms with E-state index in [-0.39, 0.29) is 0 Å². The van der Waals surface area contributed by atoms with Crippen LogP contribution in [0.4, 0.5) is 0 Å². The summed E-state index contributed by atoms with van der Waals surface area (Å²) < 4.78 is 0. The molecule has 0 heteroatoms. The van der Waals surface area contributed by atoms with Crippen LogP contribution in [0.15, 0.2) is 54.1 Å². The van der Waals surface area contributed by atoms with Crippen molar-refractivity contribution in [1.29, 1.82) is 0 Å². The van der Waals surface area contributed by atoms with Gasteiger partial charge < -0.3 is 0 Å². The zero-order chi connectivity index (χ0) is 11.2. The monoisotopic (exact) mass is 212 g/mol. The second-order valence-electron chi connectivity index (χ2n) is 4.61. The molecule has 2 rings (SSSR count). The summed E-state index contributed by atoms with van der Waals surface area (Å²) in [7, 11) is 0. The summed E-state index contributed by atoms with van der Waals surface area (Å²) in [5, 5.41) is 0. The molecule has 0 saturated carbocycles. The third-order valence-electron chi connectivity index (χ3n) is 3.31. The van der Waals surface area contributed by atoms with Gasteiger partial charge in [0, 0.05) is 0 Å². The van der Waals surface area contributed by atoms with Crippen LogP contribution in [0.5, 0.6) is 0 Å². The average Bonchev–Trinajstić information content (AvgIpc) is 2.38. The first-order valence-corrected chi connectivity index (χ1v) is 6.27. The molecule has 0 aromatic heterocycles. The third-order valence-corrected chi connectivity index (χ3v) is 3.31. The van der Waals surface area contributed by atoms with Gasteiger partial charge >= 0.3 is 0 Å². The van der Waals surface area contributed by atoms with Crippen LogP contribution in [-0.2, 0) is 0 Å². The topological polar surface area (TPSA) is 0 Å². The molecule has 0 amide bonds. The Hall–Kier alpha value is -1.30. The Morgan fingerprint density at radius 2 is 1.94 bits per heavy atom. The quantitative estimate of drug-likeness (QED) is 0.669. The molecular formula is C16H20. The maximum atomic E-state index is 2.39. The van der Waals surface area contributed by atoms with E-state index in [2.05, 4.69) is 55.5 Å². The van der Waals surface area contributed by atoms with Gasteiger partial charge in [-0.15, -0.1) is 0 Å². The lowest BCUT2D eigenvalue weighted by atomic mass is 9.92. The Kier molecular flexibility index (Phi) is 3.98. The van der Waals surface area contributed by atoms with Gasteiger partial charge in [0.15, 0.2) is 0 Å². The molecule has 1 atom stereocenters. The summed E-state index contributed by atoms with van der Waals surface area (Å²) in [5.41, 5.74) is 2.98. The third kappa shape index (κ3) is 3.10. The first-order chi connectivity index (χ1) is 7.86. The van der Waals surface area contributed by atoms with Crippen molar-refractivity contribution < 1.29 is 0 Å². The van der Waals surface area contributed by atoms with Gasteiger partial charge in [-0.05, 0) is 37.2 Å². The van der Waals surface area contributed by atoms with E-state index < -0.39 is 0 Å². The lowest BCUT2D eigenvalue weighted by Gasteiger charge is -2.13. The number of allylic oxidation sites excluding steroid dienone is 4. The van der Waals surface area contributed by atoms with Crippen molar-refractivity contribution in [2.24, 2.45) is 0 Å². The van der Waals surface area contributed by atoms with E-state index in [0.29, 0.717) is 5.92 Å². The predicted octanol–water partition coefficient (Wildman–Crippen LogP) is 4.85. The highest BCUT2D eigenvalue weighted by Gasteiger charge is 2.06. The minimum atomic E-state index is 0.664. The normalized spacial score (nSPS) is 16.9.